The van der Waals surface area contributed by atoms with E-state index >= 15 is 0 Å². The van der Waals surface area contributed by atoms with E-state index in [1.165, 1.54) is 13.0 Å². The lowest BCUT2D eigenvalue weighted by Crippen LogP contribution is -2.18. The van der Waals surface area contributed by atoms with Gasteiger partial charge in [-0.05, 0) is 6.07 Å². The van der Waals surface area contributed by atoms with Gasteiger partial charge in [-0.1, -0.05) is 0 Å². The number of aryl methyl sites for hydroxylation is 1. The van der Waals surface area contributed by atoms with Crippen LogP contribution in [0, 0.1) is 0 Å². The fourth-order valence-corrected chi connectivity index (χ4v) is 3.58. The van der Waals surface area contributed by atoms with Crippen molar-refractivity contribution < 1.29 is 22.7 Å². The quantitative estimate of drug-likeness (QED) is 0.603. The lowest BCUT2D eigenvalue weighted by molar-refractivity contribution is -0.114. The second-order valence-corrected chi connectivity index (χ2v) is 8.86. The molecule has 0 fully saturated rings. The zero-order valence-corrected chi connectivity index (χ0v) is 17.9. The minimum atomic E-state index is -3.61. The van der Waals surface area contributed by atoms with Crippen molar-refractivity contribution in [2.45, 2.75) is 11.9 Å². The van der Waals surface area contributed by atoms with Crippen LogP contribution in [0.25, 0.3) is 11.3 Å². The van der Waals surface area contributed by atoms with Crippen molar-refractivity contribution in [2.75, 3.05) is 30.1 Å². The summed E-state index contributed by atoms with van der Waals surface area (Å²) >= 11 is 0. The monoisotopic (exact) mass is 444 g/mol. The Morgan fingerprint density at radius 2 is 2.00 bits per heavy atom. The molecule has 3 aromatic heterocycles. The number of pyridine rings is 2. The van der Waals surface area contributed by atoms with Gasteiger partial charge in [0.15, 0.2) is 26.4 Å². The van der Waals surface area contributed by atoms with Gasteiger partial charge in [0, 0.05) is 50.3 Å². The smallest absolute Gasteiger partial charge is 0.222 e. The number of hydrogen-bond donors (Lipinski definition) is 2. The highest BCUT2D eigenvalue weighted by molar-refractivity contribution is 7.90. The molecule has 162 valence electrons. The van der Waals surface area contributed by atoms with Gasteiger partial charge in [0.2, 0.25) is 11.7 Å². The molecule has 11 nitrogen and oxygen atoms in total. The largest absolute Gasteiger partial charge is 0.486 e. The van der Waals surface area contributed by atoms with Gasteiger partial charge in [0.25, 0.3) is 0 Å². The SMILES string of the molecule is CC(=O)Nc1cc(Nc2nc(S(C)(=O)=O)cc3c2OCCO3)c(-c2ccn(C)n2)cn1. The minimum Gasteiger partial charge on any atom is -0.486 e. The van der Waals surface area contributed by atoms with Gasteiger partial charge in [-0.25, -0.2) is 18.4 Å². The summed E-state index contributed by atoms with van der Waals surface area (Å²) in [6.45, 7) is 1.96. The zero-order chi connectivity index (χ0) is 22.2. The van der Waals surface area contributed by atoms with Crippen LogP contribution in [0.3, 0.4) is 0 Å². The molecule has 0 aliphatic carbocycles. The molecule has 0 bridgehead atoms. The summed E-state index contributed by atoms with van der Waals surface area (Å²) in [7, 11) is -1.82. The number of sulfone groups is 1. The molecule has 1 amide bonds. The highest BCUT2D eigenvalue weighted by Crippen LogP contribution is 2.40. The summed E-state index contributed by atoms with van der Waals surface area (Å²) < 4.78 is 37.2. The second kappa shape index (κ2) is 7.87. The first-order valence-corrected chi connectivity index (χ1v) is 11.2. The van der Waals surface area contributed by atoms with Crippen molar-refractivity contribution in [3.8, 4) is 22.8 Å². The number of hydrogen-bond acceptors (Lipinski definition) is 9. The maximum absolute atomic E-state index is 12.1. The minimum absolute atomic E-state index is 0.158. The molecule has 12 heteroatoms. The van der Waals surface area contributed by atoms with E-state index in [0.717, 1.165) is 6.26 Å². The molecule has 4 heterocycles. The molecule has 1 aliphatic rings. The average Bonchev–Trinajstić information content (AvgIpc) is 3.13. The summed E-state index contributed by atoms with van der Waals surface area (Å²) in [6.07, 6.45) is 4.40. The molecule has 0 saturated heterocycles. The van der Waals surface area contributed by atoms with E-state index in [9.17, 15) is 13.2 Å². The lowest BCUT2D eigenvalue weighted by Gasteiger charge is -2.22. The van der Waals surface area contributed by atoms with E-state index in [4.69, 9.17) is 9.47 Å². The van der Waals surface area contributed by atoms with Crippen LogP contribution >= 0.6 is 0 Å². The Bertz CT molecular complexity index is 1270. The van der Waals surface area contributed by atoms with Crippen LogP contribution in [0.2, 0.25) is 0 Å². The van der Waals surface area contributed by atoms with Gasteiger partial charge < -0.3 is 20.1 Å². The fraction of sp³-hybridized carbons (Fsp3) is 0.263. The zero-order valence-electron chi connectivity index (χ0n) is 17.0. The lowest BCUT2D eigenvalue weighted by atomic mass is 10.1. The van der Waals surface area contributed by atoms with Gasteiger partial charge in [-0.15, -0.1) is 0 Å². The Balaban J connectivity index is 1.85. The number of nitrogens with one attached hydrogen (secondary N) is 2. The Labute approximate surface area is 178 Å². The number of fused-ring (bicyclic) bond motifs is 1. The number of carbonyl (C=O) groups is 1. The average molecular weight is 444 g/mol. The van der Waals surface area contributed by atoms with Crippen LogP contribution in [0.15, 0.2) is 35.6 Å². The Morgan fingerprint density at radius 1 is 1.23 bits per heavy atom. The third-order valence-corrected chi connectivity index (χ3v) is 5.30. The first kappa shape index (κ1) is 20.6. The summed E-state index contributed by atoms with van der Waals surface area (Å²) in [5.41, 5.74) is 1.73. The number of ether oxygens (including phenoxy) is 2. The van der Waals surface area contributed by atoms with Crippen LogP contribution in [-0.4, -0.2) is 53.5 Å². The second-order valence-electron chi connectivity index (χ2n) is 6.90. The molecular weight excluding hydrogens is 424 g/mol. The first-order valence-electron chi connectivity index (χ1n) is 9.26. The molecule has 0 unspecified atom stereocenters. The Kier molecular flexibility index (Phi) is 5.23. The van der Waals surface area contributed by atoms with E-state index in [1.54, 1.807) is 36.3 Å². The maximum atomic E-state index is 12.1. The van der Waals surface area contributed by atoms with Crippen molar-refractivity contribution in [1.82, 2.24) is 19.7 Å². The summed E-state index contributed by atoms with van der Waals surface area (Å²) in [6, 6.07) is 4.75. The number of anilines is 3. The Hall–Kier alpha value is -3.67. The van der Waals surface area contributed by atoms with E-state index in [0.29, 0.717) is 41.7 Å². The Morgan fingerprint density at radius 3 is 2.68 bits per heavy atom. The number of amides is 1. The normalized spacial score (nSPS) is 13.0. The van der Waals surface area contributed by atoms with Crippen LogP contribution in [0.5, 0.6) is 11.5 Å². The summed E-state index contributed by atoms with van der Waals surface area (Å²) in [5.74, 6) is 0.758. The summed E-state index contributed by atoms with van der Waals surface area (Å²) in [4.78, 5) is 20.0. The van der Waals surface area contributed by atoms with Gasteiger partial charge in [-0.2, -0.15) is 5.10 Å². The van der Waals surface area contributed by atoms with Crippen LogP contribution in [-0.2, 0) is 21.7 Å². The predicted octanol–water partition coefficient (Wildman–Crippen LogP) is 1.75. The number of rotatable bonds is 5. The molecule has 0 aromatic carbocycles. The van der Waals surface area contributed by atoms with E-state index in [1.807, 2.05) is 0 Å². The molecule has 3 aromatic rings. The van der Waals surface area contributed by atoms with Crippen LogP contribution < -0.4 is 20.1 Å². The van der Waals surface area contributed by atoms with Gasteiger partial charge in [-0.3, -0.25) is 9.48 Å². The van der Waals surface area contributed by atoms with Gasteiger partial charge >= 0.3 is 0 Å². The third kappa shape index (κ3) is 4.43. The molecule has 1 aliphatic heterocycles. The van der Waals surface area contributed by atoms with Crippen LogP contribution in [0.1, 0.15) is 6.92 Å². The van der Waals surface area contributed by atoms with Crippen molar-refractivity contribution in [1.29, 1.82) is 0 Å². The molecule has 0 atom stereocenters. The highest BCUT2D eigenvalue weighted by atomic mass is 32.2. The van der Waals surface area contributed by atoms with Crippen molar-refractivity contribution in [3.05, 3.63) is 30.6 Å². The number of aromatic nitrogens is 4. The van der Waals surface area contributed by atoms with E-state index in [2.05, 4.69) is 25.7 Å². The molecule has 0 spiro atoms. The standard InChI is InChI=1S/C19H20N6O5S/c1-11(26)21-16-8-14(12(10-20-16)13-4-5-25(2)24-13)22-19-18-15(29-6-7-30-18)9-17(23-19)31(3,27)28/h4-5,8-10H,6-7H2,1-3H3,(H2,20,21,22,23,26). The maximum Gasteiger partial charge on any atom is 0.222 e. The third-order valence-electron chi connectivity index (χ3n) is 4.33. The number of carbonyl (C=O) groups excluding carboxylic acids is 1. The summed E-state index contributed by atoms with van der Waals surface area (Å²) in [5, 5.41) is 9.98. The van der Waals surface area contributed by atoms with Crippen molar-refractivity contribution in [2.24, 2.45) is 7.05 Å². The number of nitrogens with zero attached hydrogens (tertiary/aromatic N) is 4. The van der Waals surface area contributed by atoms with E-state index in [-0.39, 0.29) is 22.5 Å². The molecule has 0 radical (unpaired) electrons. The predicted molar refractivity (Wildman–Crippen MR) is 112 cm³/mol. The topological polar surface area (TPSA) is 137 Å². The molecule has 0 saturated carbocycles. The molecule has 4 rings (SSSR count). The molecule has 31 heavy (non-hydrogen) atoms. The van der Waals surface area contributed by atoms with Crippen LogP contribution in [0.4, 0.5) is 17.3 Å². The van der Waals surface area contributed by atoms with E-state index < -0.39 is 9.84 Å². The first-order chi connectivity index (χ1) is 14.7. The van der Waals surface area contributed by atoms with Gasteiger partial charge in [0.05, 0.1) is 11.4 Å². The molecular formula is C19H20N6O5S. The van der Waals surface area contributed by atoms with Crippen molar-refractivity contribution >= 4 is 33.1 Å². The highest BCUT2D eigenvalue weighted by Gasteiger charge is 2.24. The van der Waals surface area contributed by atoms with Gasteiger partial charge in [0.1, 0.15) is 19.0 Å². The van der Waals surface area contributed by atoms with Crippen molar-refractivity contribution in [3.63, 3.8) is 0 Å². The molecule has 2 N–H and O–H groups in total. The fourth-order valence-electron chi connectivity index (χ4n) is 3.00.